The molecular formula is C28H36Si. The van der Waals surface area contributed by atoms with E-state index in [2.05, 4.69) is 103 Å². The Balaban J connectivity index is 1.77. The van der Waals surface area contributed by atoms with Crippen LogP contribution in [0.25, 0.3) is 12.2 Å². The van der Waals surface area contributed by atoms with Gasteiger partial charge in [0.15, 0.2) is 0 Å². The highest BCUT2D eigenvalue weighted by Gasteiger charge is 2.36. The first-order valence-corrected chi connectivity index (χ1v) is 14.1. The van der Waals surface area contributed by atoms with Crippen LogP contribution in [0.2, 0.25) is 13.1 Å². The average molecular weight is 401 g/mol. The smallest absolute Gasteiger partial charge is 0.0623 e. The van der Waals surface area contributed by atoms with E-state index in [1.54, 1.807) is 32.6 Å². The average Bonchev–Trinajstić information content (AvgIpc) is 3.24. The maximum absolute atomic E-state index is 2.56. The van der Waals surface area contributed by atoms with Crippen LogP contribution >= 0.6 is 0 Å². The molecule has 0 amide bonds. The van der Waals surface area contributed by atoms with Gasteiger partial charge in [0.2, 0.25) is 0 Å². The molecule has 29 heavy (non-hydrogen) atoms. The van der Waals surface area contributed by atoms with Crippen LogP contribution in [0, 0.1) is 10.8 Å². The molecular weight excluding hydrogens is 364 g/mol. The molecule has 2 aromatic carbocycles. The van der Waals surface area contributed by atoms with Crippen LogP contribution in [0.3, 0.4) is 0 Å². The van der Waals surface area contributed by atoms with Crippen molar-refractivity contribution in [2.75, 3.05) is 0 Å². The van der Waals surface area contributed by atoms with Crippen molar-refractivity contribution in [3.8, 4) is 0 Å². The van der Waals surface area contributed by atoms with Gasteiger partial charge in [-0.25, -0.2) is 0 Å². The van der Waals surface area contributed by atoms with Gasteiger partial charge in [0, 0.05) is 0 Å². The zero-order chi connectivity index (χ0) is 21.2. The van der Waals surface area contributed by atoms with Crippen LogP contribution in [0.4, 0.5) is 0 Å². The van der Waals surface area contributed by atoms with E-state index in [0.717, 1.165) is 12.8 Å². The van der Waals surface area contributed by atoms with Gasteiger partial charge in [-0.1, -0.05) is 125 Å². The second-order valence-corrected chi connectivity index (χ2v) is 15.9. The zero-order valence-electron chi connectivity index (χ0n) is 19.5. The minimum atomic E-state index is -1.81. The van der Waals surface area contributed by atoms with Crippen LogP contribution in [0.5, 0.6) is 0 Å². The van der Waals surface area contributed by atoms with Crippen molar-refractivity contribution < 1.29 is 0 Å². The summed E-state index contributed by atoms with van der Waals surface area (Å²) in [6.45, 7) is 19.2. The Hall–Kier alpha value is -1.86. The molecule has 0 radical (unpaired) electrons. The summed E-state index contributed by atoms with van der Waals surface area (Å²) in [5.74, 6) is 0. The van der Waals surface area contributed by atoms with Gasteiger partial charge >= 0.3 is 0 Å². The Morgan fingerprint density at radius 3 is 1.34 bits per heavy atom. The van der Waals surface area contributed by atoms with Gasteiger partial charge in [-0.05, 0) is 45.9 Å². The van der Waals surface area contributed by atoms with Crippen LogP contribution in [-0.2, 0) is 12.8 Å². The predicted molar refractivity (Wildman–Crippen MR) is 132 cm³/mol. The molecule has 0 nitrogen and oxygen atoms in total. The monoisotopic (exact) mass is 400 g/mol. The minimum absolute atomic E-state index is 0.238. The fourth-order valence-corrected chi connectivity index (χ4v) is 8.30. The Kier molecular flexibility index (Phi) is 4.62. The normalized spacial score (nSPS) is 16.4. The summed E-state index contributed by atoms with van der Waals surface area (Å²) < 4.78 is 0. The van der Waals surface area contributed by atoms with Gasteiger partial charge in [0.25, 0.3) is 0 Å². The molecule has 4 rings (SSSR count). The lowest BCUT2D eigenvalue weighted by molar-refractivity contribution is 0.498. The second-order valence-electron chi connectivity index (χ2n) is 11.6. The third kappa shape index (κ3) is 3.48. The summed E-state index contributed by atoms with van der Waals surface area (Å²) in [6.07, 6.45) is 7.15. The number of allylic oxidation sites excluding steroid dienone is 2. The minimum Gasteiger partial charge on any atom is -0.0623 e. The molecule has 0 aliphatic heterocycles. The van der Waals surface area contributed by atoms with Crippen LogP contribution in [0.1, 0.15) is 63.8 Å². The summed E-state index contributed by atoms with van der Waals surface area (Å²) in [6, 6.07) is 14.1. The molecule has 0 saturated carbocycles. The molecule has 0 unspecified atom stereocenters. The fourth-order valence-electron chi connectivity index (χ4n) is 5.01. The molecule has 152 valence electrons. The summed E-state index contributed by atoms with van der Waals surface area (Å²) in [5.41, 5.74) is 9.70. The van der Waals surface area contributed by atoms with Crippen LogP contribution in [0.15, 0.2) is 47.5 Å². The van der Waals surface area contributed by atoms with E-state index in [0.29, 0.717) is 0 Å². The Morgan fingerprint density at radius 1 is 0.621 bits per heavy atom. The highest BCUT2D eigenvalue weighted by atomic mass is 28.3. The Labute approximate surface area is 178 Å². The lowest BCUT2D eigenvalue weighted by Gasteiger charge is -2.30. The first-order valence-electron chi connectivity index (χ1n) is 11.1. The van der Waals surface area contributed by atoms with Crippen molar-refractivity contribution in [3.05, 3.63) is 69.8 Å². The van der Waals surface area contributed by atoms with Gasteiger partial charge < -0.3 is 0 Å². The highest BCUT2D eigenvalue weighted by molar-refractivity contribution is 7.01. The van der Waals surface area contributed by atoms with Gasteiger partial charge in [0.1, 0.15) is 8.07 Å². The van der Waals surface area contributed by atoms with E-state index in [9.17, 15) is 0 Å². The molecule has 2 aromatic rings. The molecule has 0 fully saturated rings. The Morgan fingerprint density at radius 2 is 1.00 bits per heavy atom. The first-order chi connectivity index (χ1) is 13.4. The van der Waals surface area contributed by atoms with E-state index >= 15 is 0 Å². The lowest BCUT2D eigenvalue weighted by atomic mass is 9.85. The van der Waals surface area contributed by atoms with Gasteiger partial charge in [-0.15, -0.1) is 0 Å². The van der Waals surface area contributed by atoms with Gasteiger partial charge in [-0.2, -0.15) is 0 Å². The first kappa shape index (κ1) is 20.4. The molecule has 0 bridgehead atoms. The van der Waals surface area contributed by atoms with Crippen molar-refractivity contribution in [2.45, 2.75) is 67.5 Å². The molecule has 0 atom stereocenters. The molecule has 2 aliphatic carbocycles. The number of hydrogen-bond donors (Lipinski definition) is 0. The third-order valence-electron chi connectivity index (χ3n) is 7.09. The molecule has 0 heterocycles. The van der Waals surface area contributed by atoms with E-state index in [-0.39, 0.29) is 10.8 Å². The van der Waals surface area contributed by atoms with Gasteiger partial charge in [-0.3, -0.25) is 0 Å². The summed E-state index contributed by atoms with van der Waals surface area (Å²) in [4.78, 5) is 0. The molecule has 0 N–H and O–H groups in total. The molecule has 2 aliphatic rings. The SMILES string of the molecule is CC(C)(C)C1=Cc2cccc([Si](C)(C)c3cccc4c3CC(C(C)(C)C)=C4)c2C1. The largest absolute Gasteiger partial charge is 0.113 e. The van der Waals surface area contributed by atoms with Gasteiger partial charge in [0.05, 0.1) is 0 Å². The number of hydrogen-bond acceptors (Lipinski definition) is 0. The van der Waals surface area contributed by atoms with E-state index in [1.807, 2.05) is 0 Å². The Bertz CT molecular complexity index is 949. The molecule has 1 heteroatoms. The van der Waals surface area contributed by atoms with Crippen LogP contribution in [-0.4, -0.2) is 8.07 Å². The fraction of sp³-hybridized carbons (Fsp3) is 0.429. The summed E-state index contributed by atoms with van der Waals surface area (Å²) >= 11 is 0. The molecule has 0 aromatic heterocycles. The number of benzene rings is 2. The van der Waals surface area contributed by atoms with Crippen molar-refractivity contribution in [1.82, 2.24) is 0 Å². The quantitative estimate of drug-likeness (QED) is 0.506. The standard InChI is InChI=1S/C28H36Si/c1-27(2,3)21-15-19-11-9-13-25(23(19)17-21)29(7,8)26-14-10-12-20-16-22(18-24(20)26)28(4,5)6/h9-16H,17-18H2,1-8H3. The maximum Gasteiger partial charge on any atom is 0.113 e. The van der Waals surface area contributed by atoms with Crippen molar-refractivity contribution in [1.29, 1.82) is 0 Å². The van der Waals surface area contributed by atoms with E-state index in [4.69, 9.17) is 0 Å². The molecule has 0 spiro atoms. The summed E-state index contributed by atoms with van der Waals surface area (Å²) in [5, 5.41) is 3.26. The maximum atomic E-state index is 2.56. The lowest BCUT2D eigenvalue weighted by Crippen LogP contribution is -2.55. The number of rotatable bonds is 2. The summed E-state index contributed by atoms with van der Waals surface area (Å²) in [7, 11) is -1.81. The van der Waals surface area contributed by atoms with E-state index < -0.39 is 8.07 Å². The predicted octanol–water partition coefficient (Wildman–Crippen LogP) is 6.48. The highest BCUT2D eigenvalue weighted by Crippen LogP contribution is 2.38. The zero-order valence-corrected chi connectivity index (χ0v) is 20.5. The van der Waals surface area contributed by atoms with Crippen LogP contribution < -0.4 is 10.4 Å². The van der Waals surface area contributed by atoms with Crippen molar-refractivity contribution in [3.63, 3.8) is 0 Å². The third-order valence-corrected chi connectivity index (χ3v) is 10.7. The number of fused-ring (bicyclic) bond motifs is 2. The second kappa shape index (κ2) is 6.57. The van der Waals surface area contributed by atoms with Crippen molar-refractivity contribution >= 4 is 30.6 Å². The molecule has 0 saturated heterocycles. The van der Waals surface area contributed by atoms with Crippen molar-refractivity contribution in [2.24, 2.45) is 10.8 Å². The van der Waals surface area contributed by atoms with E-state index in [1.165, 1.54) is 11.1 Å². The topological polar surface area (TPSA) is 0 Å².